The van der Waals surface area contributed by atoms with Crippen LogP contribution in [-0.4, -0.2) is 32.3 Å². The lowest BCUT2D eigenvalue weighted by Crippen LogP contribution is -2.41. The van der Waals surface area contributed by atoms with Gasteiger partial charge < -0.3 is 10.6 Å². The molecule has 112 valence electrons. The lowest BCUT2D eigenvalue weighted by atomic mass is 9.83. The first-order valence-corrected chi connectivity index (χ1v) is 6.92. The highest BCUT2D eigenvalue weighted by atomic mass is 19.4. The second-order valence-corrected chi connectivity index (χ2v) is 5.37. The van der Waals surface area contributed by atoms with Gasteiger partial charge in [-0.1, -0.05) is 19.8 Å². The fourth-order valence-corrected chi connectivity index (χ4v) is 2.32. The van der Waals surface area contributed by atoms with Gasteiger partial charge in [0.1, 0.15) is 0 Å². The molecule has 19 heavy (non-hydrogen) atoms. The van der Waals surface area contributed by atoms with E-state index in [2.05, 4.69) is 22.5 Å². The van der Waals surface area contributed by atoms with Crippen LogP contribution in [0.4, 0.5) is 13.2 Å². The first-order valence-electron chi connectivity index (χ1n) is 6.92. The standard InChI is InChI=1S/C13H24F3N3/c1-10-3-5-11(6-4-10)9-19-12(17-2)18-8-7-13(14,15)16/h10-11H,3-9H2,1-2H3,(H2,17,18,19). The largest absolute Gasteiger partial charge is 0.390 e. The summed E-state index contributed by atoms with van der Waals surface area (Å²) in [6.07, 6.45) is -0.0969. The molecule has 0 aliphatic heterocycles. The molecular formula is C13H24F3N3. The molecule has 1 rings (SSSR count). The van der Waals surface area contributed by atoms with Crippen LogP contribution in [0.1, 0.15) is 39.0 Å². The van der Waals surface area contributed by atoms with Gasteiger partial charge >= 0.3 is 6.18 Å². The van der Waals surface area contributed by atoms with Gasteiger partial charge in [0.25, 0.3) is 0 Å². The van der Waals surface area contributed by atoms with Gasteiger partial charge in [-0.05, 0) is 24.7 Å². The quantitative estimate of drug-likeness (QED) is 0.613. The number of rotatable bonds is 4. The zero-order chi connectivity index (χ0) is 14.3. The highest BCUT2D eigenvalue weighted by molar-refractivity contribution is 5.79. The number of nitrogens with one attached hydrogen (secondary N) is 2. The van der Waals surface area contributed by atoms with Crippen LogP contribution in [0.5, 0.6) is 0 Å². The van der Waals surface area contributed by atoms with E-state index in [1.54, 1.807) is 7.05 Å². The molecular weight excluding hydrogens is 255 g/mol. The Bertz CT molecular complexity index is 281. The van der Waals surface area contributed by atoms with E-state index in [1.165, 1.54) is 25.7 Å². The van der Waals surface area contributed by atoms with Crippen LogP contribution in [0.3, 0.4) is 0 Å². The Balaban J connectivity index is 2.18. The van der Waals surface area contributed by atoms with Crippen molar-refractivity contribution in [2.24, 2.45) is 16.8 Å². The fourth-order valence-electron chi connectivity index (χ4n) is 2.32. The first-order chi connectivity index (χ1) is 8.90. The van der Waals surface area contributed by atoms with E-state index in [4.69, 9.17) is 0 Å². The Morgan fingerprint density at radius 2 is 1.79 bits per heavy atom. The van der Waals surface area contributed by atoms with Crippen LogP contribution in [0.25, 0.3) is 0 Å². The number of nitrogens with zero attached hydrogens (tertiary/aromatic N) is 1. The zero-order valence-electron chi connectivity index (χ0n) is 11.7. The van der Waals surface area contributed by atoms with E-state index in [1.807, 2.05) is 0 Å². The maximum Gasteiger partial charge on any atom is 0.390 e. The van der Waals surface area contributed by atoms with Crippen LogP contribution in [0, 0.1) is 11.8 Å². The van der Waals surface area contributed by atoms with Gasteiger partial charge in [0.05, 0.1) is 6.42 Å². The smallest absolute Gasteiger partial charge is 0.356 e. The zero-order valence-corrected chi connectivity index (χ0v) is 11.7. The molecule has 0 aromatic heterocycles. The maximum absolute atomic E-state index is 12.0. The molecule has 0 aromatic carbocycles. The lowest BCUT2D eigenvalue weighted by Gasteiger charge is -2.26. The Labute approximate surface area is 113 Å². The summed E-state index contributed by atoms with van der Waals surface area (Å²) in [5, 5.41) is 5.80. The highest BCUT2D eigenvalue weighted by Gasteiger charge is 2.26. The predicted octanol–water partition coefficient (Wildman–Crippen LogP) is 2.93. The maximum atomic E-state index is 12.0. The minimum Gasteiger partial charge on any atom is -0.356 e. The van der Waals surface area contributed by atoms with Gasteiger partial charge in [-0.25, -0.2) is 0 Å². The summed E-state index contributed by atoms with van der Waals surface area (Å²) < 4.78 is 36.1. The van der Waals surface area contributed by atoms with Crippen LogP contribution in [0.2, 0.25) is 0 Å². The third-order valence-corrected chi connectivity index (χ3v) is 3.62. The van der Waals surface area contributed by atoms with E-state index >= 15 is 0 Å². The van der Waals surface area contributed by atoms with Crippen LogP contribution < -0.4 is 10.6 Å². The highest BCUT2D eigenvalue weighted by Crippen LogP contribution is 2.27. The van der Waals surface area contributed by atoms with Gasteiger partial charge in [-0.15, -0.1) is 0 Å². The Morgan fingerprint density at radius 3 is 2.32 bits per heavy atom. The summed E-state index contributed by atoms with van der Waals surface area (Å²) in [5.41, 5.74) is 0. The molecule has 1 aliphatic rings. The molecule has 0 atom stereocenters. The van der Waals surface area contributed by atoms with Gasteiger partial charge in [0.2, 0.25) is 0 Å². The summed E-state index contributed by atoms with van der Waals surface area (Å²) in [5.74, 6) is 1.88. The van der Waals surface area contributed by atoms with Crippen molar-refractivity contribution in [2.75, 3.05) is 20.1 Å². The minimum absolute atomic E-state index is 0.134. The topological polar surface area (TPSA) is 36.4 Å². The Morgan fingerprint density at radius 1 is 1.16 bits per heavy atom. The average Bonchev–Trinajstić information content (AvgIpc) is 2.34. The Hall–Kier alpha value is -0.940. The number of halogens is 3. The van der Waals surface area contributed by atoms with Crippen molar-refractivity contribution in [1.82, 2.24) is 10.6 Å². The van der Waals surface area contributed by atoms with E-state index in [9.17, 15) is 13.2 Å². The summed E-state index contributed by atoms with van der Waals surface area (Å²) >= 11 is 0. The van der Waals surface area contributed by atoms with Crippen molar-refractivity contribution in [3.63, 3.8) is 0 Å². The molecule has 0 heterocycles. The third kappa shape index (κ3) is 7.28. The van der Waals surface area contributed by atoms with Crippen molar-refractivity contribution in [1.29, 1.82) is 0 Å². The van der Waals surface area contributed by atoms with Gasteiger partial charge in [0, 0.05) is 20.1 Å². The molecule has 1 fully saturated rings. The third-order valence-electron chi connectivity index (χ3n) is 3.62. The van der Waals surface area contributed by atoms with Crippen molar-refractivity contribution < 1.29 is 13.2 Å². The molecule has 1 saturated carbocycles. The average molecular weight is 279 g/mol. The van der Waals surface area contributed by atoms with E-state index < -0.39 is 12.6 Å². The molecule has 0 aromatic rings. The molecule has 0 spiro atoms. The molecule has 1 aliphatic carbocycles. The minimum atomic E-state index is -4.12. The number of hydrogen-bond donors (Lipinski definition) is 2. The van der Waals surface area contributed by atoms with Crippen molar-refractivity contribution in [3.8, 4) is 0 Å². The van der Waals surface area contributed by atoms with Crippen molar-refractivity contribution in [2.45, 2.75) is 45.2 Å². The molecule has 0 saturated heterocycles. The lowest BCUT2D eigenvalue weighted by molar-refractivity contribution is -0.132. The summed E-state index contributed by atoms with van der Waals surface area (Å²) in [6, 6.07) is 0. The number of hydrogen-bond acceptors (Lipinski definition) is 1. The van der Waals surface area contributed by atoms with E-state index in [0.717, 1.165) is 12.5 Å². The number of aliphatic imine (C=N–C) groups is 1. The second-order valence-electron chi connectivity index (χ2n) is 5.37. The molecule has 3 nitrogen and oxygen atoms in total. The van der Waals surface area contributed by atoms with E-state index in [-0.39, 0.29) is 6.54 Å². The van der Waals surface area contributed by atoms with Gasteiger partial charge in [0.15, 0.2) is 5.96 Å². The molecule has 0 amide bonds. The number of alkyl halides is 3. The molecule has 6 heteroatoms. The van der Waals surface area contributed by atoms with Crippen LogP contribution in [-0.2, 0) is 0 Å². The normalized spacial score (nSPS) is 25.2. The monoisotopic (exact) mass is 279 g/mol. The predicted molar refractivity (Wildman–Crippen MR) is 71.2 cm³/mol. The first kappa shape index (κ1) is 16.1. The van der Waals surface area contributed by atoms with Crippen molar-refractivity contribution in [3.05, 3.63) is 0 Å². The van der Waals surface area contributed by atoms with Crippen LogP contribution >= 0.6 is 0 Å². The molecule has 0 bridgehead atoms. The SMILES string of the molecule is CN=C(NCCC(F)(F)F)NCC1CCC(C)CC1. The number of guanidine groups is 1. The fraction of sp³-hybridized carbons (Fsp3) is 0.923. The molecule has 2 N–H and O–H groups in total. The summed E-state index contributed by atoms with van der Waals surface area (Å²) in [4.78, 5) is 3.93. The Kier molecular flexibility index (Phi) is 6.45. The van der Waals surface area contributed by atoms with Gasteiger partial charge in [-0.2, -0.15) is 13.2 Å². The van der Waals surface area contributed by atoms with Crippen molar-refractivity contribution >= 4 is 5.96 Å². The summed E-state index contributed by atoms with van der Waals surface area (Å²) in [6.45, 7) is 2.92. The van der Waals surface area contributed by atoms with E-state index in [0.29, 0.717) is 11.9 Å². The summed E-state index contributed by atoms with van der Waals surface area (Å²) in [7, 11) is 1.58. The molecule has 0 unspecified atom stereocenters. The molecule has 0 radical (unpaired) electrons. The van der Waals surface area contributed by atoms with Crippen LogP contribution in [0.15, 0.2) is 4.99 Å². The second kappa shape index (κ2) is 7.60. The van der Waals surface area contributed by atoms with Gasteiger partial charge in [-0.3, -0.25) is 4.99 Å².